The molecular formula is C73H136O6. The molecule has 0 aliphatic heterocycles. The number of esters is 3. The van der Waals surface area contributed by atoms with Gasteiger partial charge in [0.1, 0.15) is 13.2 Å². The summed E-state index contributed by atoms with van der Waals surface area (Å²) in [5.41, 5.74) is 0. The van der Waals surface area contributed by atoms with Crippen molar-refractivity contribution in [1.82, 2.24) is 0 Å². The van der Waals surface area contributed by atoms with Gasteiger partial charge in [0.05, 0.1) is 0 Å². The summed E-state index contributed by atoms with van der Waals surface area (Å²) in [6.45, 7) is 6.59. The minimum atomic E-state index is -0.774. The summed E-state index contributed by atoms with van der Waals surface area (Å²) in [5.74, 6) is -0.854. The second-order valence-corrected chi connectivity index (χ2v) is 24.1. The predicted octanol–water partition coefficient (Wildman–Crippen LogP) is 24.3. The van der Waals surface area contributed by atoms with Gasteiger partial charge in [-0.25, -0.2) is 0 Å². The van der Waals surface area contributed by atoms with Crippen molar-refractivity contribution in [2.24, 2.45) is 0 Å². The van der Waals surface area contributed by atoms with E-state index in [2.05, 4.69) is 57.2 Å². The van der Waals surface area contributed by atoms with Gasteiger partial charge in [-0.15, -0.1) is 0 Å². The average molecular weight is 1110 g/mol. The van der Waals surface area contributed by atoms with Crippen molar-refractivity contribution < 1.29 is 28.6 Å². The number of unbranched alkanes of at least 4 members (excludes halogenated alkanes) is 49. The molecule has 0 aromatic heterocycles. The lowest BCUT2D eigenvalue weighted by Crippen LogP contribution is -2.30. The summed E-state index contributed by atoms with van der Waals surface area (Å²) in [6.07, 6.45) is 84.8. The van der Waals surface area contributed by atoms with E-state index in [0.29, 0.717) is 19.3 Å². The van der Waals surface area contributed by atoms with Crippen LogP contribution in [0.25, 0.3) is 0 Å². The normalized spacial score (nSPS) is 12.2. The van der Waals surface area contributed by atoms with E-state index in [1.165, 1.54) is 270 Å². The lowest BCUT2D eigenvalue weighted by atomic mass is 10.0. The summed E-state index contributed by atoms with van der Waals surface area (Å²) in [7, 11) is 0. The van der Waals surface area contributed by atoms with Crippen molar-refractivity contribution in [2.45, 2.75) is 399 Å². The molecule has 1 unspecified atom stereocenters. The Kier molecular flexibility index (Phi) is 66.1. The van der Waals surface area contributed by atoms with E-state index < -0.39 is 6.10 Å². The minimum absolute atomic E-state index is 0.0708. The molecule has 0 rings (SSSR count). The smallest absolute Gasteiger partial charge is 0.306 e. The van der Waals surface area contributed by atoms with E-state index >= 15 is 0 Å². The first kappa shape index (κ1) is 76.6. The fourth-order valence-corrected chi connectivity index (χ4v) is 10.9. The van der Waals surface area contributed by atoms with Gasteiger partial charge in [-0.05, 0) is 51.4 Å². The van der Waals surface area contributed by atoms with E-state index in [-0.39, 0.29) is 31.1 Å². The number of hydrogen-bond donors (Lipinski definition) is 0. The van der Waals surface area contributed by atoms with E-state index in [1.807, 2.05) is 0 Å². The van der Waals surface area contributed by atoms with Gasteiger partial charge in [0.2, 0.25) is 0 Å². The molecule has 1 atom stereocenters. The zero-order chi connectivity index (χ0) is 57.1. The number of carbonyl (C=O) groups is 3. The first-order valence-electron chi connectivity index (χ1n) is 35.5. The fraction of sp³-hybridized carbons (Fsp3) is 0.877. The van der Waals surface area contributed by atoms with Crippen LogP contribution < -0.4 is 0 Å². The number of rotatable bonds is 66. The van der Waals surface area contributed by atoms with Crippen LogP contribution in [-0.2, 0) is 28.6 Å². The van der Waals surface area contributed by atoms with Gasteiger partial charge in [0.15, 0.2) is 6.10 Å². The molecule has 0 aliphatic carbocycles. The molecule has 0 aromatic rings. The van der Waals surface area contributed by atoms with Gasteiger partial charge in [0.25, 0.3) is 0 Å². The molecule has 0 bridgehead atoms. The van der Waals surface area contributed by atoms with Gasteiger partial charge in [-0.2, -0.15) is 0 Å². The third-order valence-corrected chi connectivity index (χ3v) is 16.2. The van der Waals surface area contributed by atoms with Crippen molar-refractivity contribution in [1.29, 1.82) is 0 Å². The number of hydrogen-bond acceptors (Lipinski definition) is 6. The van der Waals surface area contributed by atoms with Crippen LogP contribution in [0.1, 0.15) is 393 Å². The number of ether oxygens (including phenoxy) is 3. The Balaban J connectivity index is 4.09. The monoisotopic (exact) mass is 1110 g/mol. The Bertz CT molecular complexity index is 1320. The molecule has 0 fully saturated rings. The Labute approximate surface area is 493 Å². The van der Waals surface area contributed by atoms with E-state index in [1.54, 1.807) is 0 Å². The number of carbonyl (C=O) groups excluding carboxylic acids is 3. The number of allylic oxidation sites excluding steroid dienone is 6. The summed E-state index contributed by atoms with van der Waals surface area (Å²) in [5, 5.41) is 0. The van der Waals surface area contributed by atoms with Crippen LogP contribution in [-0.4, -0.2) is 37.2 Å². The van der Waals surface area contributed by atoms with Crippen LogP contribution in [0.15, 0.2) is 36.5 Å². The van der Waals surface area contributed by atoms with Crippen LogP contribution in [0.3, 0.4) is 0 Å². The Morgan fingerprint density at radius 1 is 0.266 bits per heavy atom. The molecule has 0 N–H and O–H groups in total. The maximum atomic E-state index is 12.9. The molecule has 6 heteroatoms. The van der Waals surface area contributed by atoms with Gasteiger partial charge in [-0.3, -0.25) is 14.4 Å². The van der Waals surface area contributed by atoms with Crippen LogP contribution >= 0.6 is 0 Å². The van der Waals surface area contributed by atoms with Crippen LogP contribution in [0.4, 0.5) is 0 Å². The summed E-state index contributed by atoms with van der Waals surface area (Å²) in [4.78, 5) is 38.3. The SMILES string of the molecule is CC/C=C\C/C=C\C/C=C\CCCCCCCCCC(=O)OC(COC(=O)CCCCCCCCCCCCCC)COC(=O)CCCCCCCCCCCCCCCCCCCCCCCCCCCCCCCCCC. The summed E-state index contributed by atoms with van der Waals surface area (Å²) in [6, 6.07) is 0. The Morgan fingerprint density at radius 2 is 0.494 bits per heavy atom. The van der Waals surface area contributed by atoms with Gasteiger partial charge in [0, 0.05) is 19.3 Å². The van der Waals surface area contributed by atoms with Crippen LogP contribution in [0.2, 0.25) is 0 Å². The highest BCUT2D eigenvalue weighted by molar-refractivity contribution is 5.71. The lowest BCUT2D eigenvalue weighted by molar-refractivity contribution is -0.167. The van der Waals surface area contributed by atoms with Crippen molar-refractivity contribution in [3.63, 3.8) is 0 Å². The highest BCUT2D eigenvalue weighted by Crippen LogP contribution is 2.19. The van der Waals surface area contributed by atoms with Crippen molar-refractivity contribution in [3.05, 3.63) is 36.5 Å². The zero-order valence-corrected chi connectivity index (χ0v) is 53.4. The van der Waals surface area contributed by atoms with Gasteiger partial charge >= 0.3 is 17.9 Å². The fourth-order valence-electron chi connectivity index (χ4n) is 10.9. The minimum Gasteiger partial charge on any atom is -0.462 e. The highest BCUT2D eigenvalue weighted by atomic mass is 16.6. The molecular weight excluding hydrogens is 973 g/mol. The molecule has 0 radical (unpaired) electrons. The summed E-state index contributed by atoms with van der Waals surface area (Å²) >= 11 is 0. The molecule has 0 heterocycles. The molecule has 6 nitrogen and oxygen atoms in total. The third-order valence-electron chi connectivity index (χ3n) is 16.2. The van der Waals surface area contributed by atoms with Gasteiger partial charge < -0.3 is 14.2 Å². The van der Waals surface area contributed by atoms with Crippen LogP contribution in [0, 0.1) is 0 Å². The molecule has 0 spiro atoms. The molecule has 0 saturated carbocycles. The molecule has 79 heavy (non-hydrogen) atoms. The predicted molar refractivity (Wildman–Crippen MR) is 344 cm³/mol. The molecule has 0 aliphatic rings. The lowest BCUT2D eigenvalue weighted by Gasteiger charge is -2.18. The van der Waals surface area contributed by atoms with Crippen molar-refractivity contribution in [3.8, 4) is 0 Å². The summed E-state index contributed by atoms with van der Waals surface area (Å²) < 4.78 is 17.0. The standard InChI is InChI=1S/C73H136O6/c1-4-7-10-13-16-19-22-25-27-29-30-31-32-33-34-35-36-37-38-39-40-41-42-43-45-46-48-51-54-57-60-63-66-72(75)78-69-70(68-77-71(74)65-62-59-56-53-50-24-21-18-15-12-9-6-3)79-73(76)67-64-61-58-55-52-49-47-44-28-26-23-20-17-14-11-8-5-2/h8,11,17,20,26,28,70H,4-7,9-10,12-16,18-19,21-25,27,29-69H2,1-3H3/b11-8-,20-17-,28-26-. The van der Waals surface area contributed by atoms with E-state index in [0.717, 1.165) is 83.5 Å². The first-order valence-corrected chi connectivity index (χ1v) is 35.5. The van der Waals surface area contributed by atoms with Crippen molar-refractivity contribution >= 4 is 17.9 Å². The largest absolute Gasteiger partial charge is 0.462 e. The average Bonchev–Trinajstić information content (AvgIpc) is 3.45. The quantitative estimate of drug-likeness (QED) is 0.0261. The van der Waals surface area contributed by atoms with E-state index in [9.17, 15) is 14.4 Å². The Morgan fingerprint density at radius 3 is 0.772 bits per heavy atom. The maximum Gasteiger partial charge on any atom is 0.306 e. The topological polar surface area (TPSA) is 78.9 Å². The molecule has 0 aromatic carbocycles. The highest BCUT2D eigenvalue weighted by Gasteiger charge is 2.19. The van der Waals surface area contributed by atoms with Crippen molar-refractivity contribution in [2.75, 3.05) is 13.2 Å². The third kappa shape index (κ3) is 66.3. The van der Waals surface area contributed by atoms with E-state index in [4.69, 9.17) is 14.2 Å². The molecule has 464 valence electrons. The second kappa shape index (κ2) is 68.1. The maximum absolute atomic E-state index is 12.9. The second-order valence-electron chi connectivity index (χ2n) is 24.1. The Hall–Kier alpha value is -2.37. The molecule has 0 amide bonds. The molecule has 0 saturated heterocycles. The first-order chi connectivity index (χ1) is 39.0. The van der Waals surface area contributed by atoms with Crippen LogP contribution in [0.5, 0.6) is 0 Å². The zero-order valence-electron chi connectivity index (χ0n) is 53.4. The van der Waals surface area contributed by atoms with Gasteiger partial charge in [-0.1, -0.05) is 359 Å².